The number of aldehydes is 1. The number of rotatable bonds is 4. The van der Waals surface area contributed by atoms with Crippen LogP contribution in [-0.4, -0.2) is 37.0 Å². The van der Waals surface area contributed by atoms with Crippen LogP contribution in [0.25, 0.3) is 10.9 Å². The van der Waals surface area contributed by atoms with Gasteiger partial charge in [0.15, 0.2) is 11.7 Å². The molecule has 23 heavy (non-hydrogen) atoms. The number of ether oxygens (including phenoxy) is 2. The highest BCUT2D eigenvalue weighted by molar-refractivity contribution is 6.07. The second-order valence-corrected chi connectivity index (χ2v) is 5.77. The van der Waals surface area contributed by atoms with Gasteiger partial charge in [0.05, 0.1) is 14.2 Å². The highest BCUT2D eigenvalue weighted by Crippen LogP contribution is 2.62. The molecule has 1 unspecified atom stereocenters. The van der Waals surface area contributed by atoms with E-state index in [4.69, 9.17) is 9.47 Å². The Hall–Kier alpha value is -2.63. The minimum Gasteiger partial charge on any atom is -0.468 e. The van der Waals surface area contributed by atoms with E-state index in [0.717, 1.165) is 22.8 Å². The zero-order valence-electron chi connectivity index (χ0n) is 13.2. The Morgan fingerprint density at radius 1 is 1.26 bits per heavy atom. The summed E-state index contributed by atoms with van der Waals surface area (Å²) in [4.78, 5) is 35.7. The molecule has 1 atom stereocenters. The predicted molar refractivity (Wildman–Crippen MR) is 82.1 cm³/mol. The Bertz CT molecular complexity index is 804. The number of esters is 2. The van der Waals surface area contributed by atoms with Crippen molar-refractivity contribution in [1.29, 1.82) is 0 Å². The van der Waals surface area contributed by atoms with Crippen LogP contribution >= 0.6 is 0 Å². The van der Waals surface area contributed by atoms with E-state index in [1.165, 1.54) is 14.2 Å². The first-order valence-electron chi connectivity index (χ1n) is 7.21. The Morgan fingerprint density at radius 2 is 1.91 bits per heavy atom. The van der Waals surface area contributed by atoms with Crippen LogP contribution in [0.15, 0.2) is 24.4 Å². The summed E-state index contributed by atoms with van der Waals surface area (Å²) >= 11 is 0. The molecule has 1 aliphatic rings. The minimum atomic E-state index is -1.31. The normalized spacial score (nSPS) is 18.5. The van der Waals surface area contributed by atoms with Gasteiger partial charge in [0.25, 0.3) is 0 Å². The molecule has 1 fully saturated rings. The molecule has 2 aromatic rings. The zero-order chi connectivity index (χ0) is 16.8. The van der Waals surface area contributed by atoms with Crippen LogP contribution in [0.2, 0.25) is 0 Å². The van der Waals surface area contributed by atoms with Gasteiger partial charge >= 0.3 is 11.9 Å². The smallest absolute Gasteiger partial charge is 0.323 e. The predicted octanol–water partition coefficient (Wildman–Crippen LogP) is 1.81. The van der Waals surface area contributed by atoms with Crippen molar-refractivity contribution in [3.8, 4) is 0 Å². The second kappa shape index (κ2) is 5.22. The highest BCUT2D eigenvalue weighted by atomic mass is 16.5. The number of fused-ring (bicyclic) bond motifs is 1. The maximum atomic E-state index is 12.2. The largest absolute Gasteiger partial charge is 0.468 e. The molecule has 0 N–H and O–H groups in total. The van der Waals surface area contributed by atoms with Crippen molar-refractivity contribution in [3.63, 3.8) is 0 Å². The first-order valence-corrected chi connectivity index (χ1v) is 7.21. The summed E-state index contributed by atoms with van der Waals surface area (Å²) in [7, 11) is 4.35. The molecular weight excluding hydrogens is 298 g/mol. The quantitative estimate of drug-likeness (QED) is 0.489. The van der Waals surface area contributed by atoms with Crippen LogP contribution in [-0.2, 0) is 26.1 Å². The van der Waals surface area contributed by atoms with Crippen LogP contribution in [0.4, 0.5) is 0 Å². The van der Waals surface area contributed by atoms with E-state index >= 15 is 0 Å². The molecule has 6 nitrogen and oxygen atoms in total. The van der Waals surface area contributed by atoms with Crippen molar-refractivity contribution in [2.24, 2.45) is 12.5 Å². The molecule has 6 heteroatoms. The topological polar surface area (TPSA) is 74.6 Å². The fourth-order valence-electron chi connectivity index (χ4n) is 3.43. The van der Waals surface area contributed by atoms with E-state index < -0.39 is 17.4 Å². The molecule has 0 radical (unpaired) electrons. The molecule has 3 rings (SSSR count). The second-order valence-electron chi connectivity index (χ2n) is 5.77. The van der Waals surface area contributed by atoms with Gasteiger partial charge in [0.2, 0.25) is 0 Å². The Balaban J connectivity index is 2.17. The minimum absolute atomic E-state index is 0.318. The van der Waals surface area contributed by atoms with Crippen molar-refractivity contribution in [2.75, 3.05) is 14.2 Å². The van der Waals surface area contributed by atoms with Crippen LogP contribution in [0.5, 0.6) is 0 Å². The van der Waals surface area contributed by atoms with Gasteiger partial charge in [0.1, 0.15) is 0 Å². The van der Waals surface area contributed by atoms with Crippen molar-refractivity contribution in [3.05, 3.63) is 35.5 Å². The molecule has 0 saturated heterocycles. The Morgan fingerprint density at radius 3 is 2.48 bits per heavy atom. The van der Waals surface area contributed by atoms with Crippen molar-refractivity contribution >= 4 is 29.1 Å². The fourth-order valence-corrected chi connectivity index (χ4v) is 3.43. The molecule has 1 aromatic heterocycles. The van der Waals surface area contributed by atoms with Gasteiger partial charge in [-0.2, -0.15) is 0 Å². The number of carbonyl (C=O) groups excluding carboxylic acids is 3. The van der Waals surface area contributed by atoms with Crippen LogP contribution in [0.3, 0.4) is 0 Å². The van der Waals surface area contributed by atoms with E-state index in [9.17, 15) is 14.4 Å². The number of carbonyl (C=O) groups is 3. The first-order chi connectivity index (χ1) is 11.0. The lowest BCUT2D eigenvalue weighted by Gasteiger charge is -2.13. The van der Waals surface area contributed by atoms with Crippen molar-refractivity contribution in [2.45, 2.75) is 12.3 Å². The monoisotopic (exact) mass is 315 g/mol. The molecule has 1 aliphatic carbocycles. The third kappa shape index (κ3) is 1.98. The number of hydrogen-bond acceptors (Lipinski definition) is 5. The summed E-state index contributed by atoms with van der Waals surface area (Å²) in [6.45, 7) is 0. The molecule has 0 spiro atoms. The van der Waals surface area contributed by atoms with Gasteiger partial charge in [-0.1, -0.05) is 12.1 Å². The third-order valence-electron chi connectivity index (χ3n) is 4.64. The molecule has 1 aromatic carbocycles. The van der Waals surface area contributed by atoms with E-state index in [1.807, 2.05) is 29.8 Å². The first kappa shape index (κ1) is 15.3. The maximum Gasteiger partial charge on any atom is 0.323 e. The van der Waals surface area contributed by atoms with E-state index in [-0.39, 0.29) is 5.92 Å². The summed E-state index contributed by atoms with van der Waals surface area (Å²) < 4.78 is 11.5. The Kier molecular flexibility index (Phi) is 3.47. The average molecular weight is 315 g/mol. The molecule has 1 heterocycles. The number of methoxy groups -OCH3 is 2. The van der Waals surface area contributed by atoms with E-state index in [1.54, 1.807) is 6.20 Å². The zero-order valence-corrected chi connectivity index (χ0v) is 13.2. The number of aryl methyl sites for hydroxylation is 1. The maximum absolute atomic E-state index is 12.2. The summed E-state index contributed by atoms with van der Waals surface area (Å²) in [5, 5.41) is 0.768. The van der Waals surface area contributed by atoms with Crippen LogP contribution in [0.1, 0.15) is 28.3 Å². The summed E-state index contributed by atoms with van der Waals surface area (Å²) in [5.41, 5.74) is 0.892. The SMILES string of the molecule is COC(=O)C1(C(=O)OC)CC1c1cccc2c1c(C=O)cn2C. The summed E-state index contributed by atoms with van der Waals surface area (Å²) in [6, 6.07) is 5.59. The number of aromatic nitrogens is 1. The lowest BCUT2D eigenvalue weighted by molar-refractivity contribution is -0.161. The standard InChI is InChI=1S/C17H17NO5/c1-18-8-10(9-19)14-11(5-4-6-13(14)18)12-7-17(12,15(20)22-2)16(21)23-3/h4-6,8-9,12H,7H2,1-3H3. The fraction of sp³-hybridized carbons (Fsp3) is 0.353. The van der Waals surface area contributed by atoms with Gasteiger partial charge in [0, 0.05) is 35.6 Å². The van der Waals surface area contributed by atoms with Gasteiger partial charge in [-0.3, -0.25) is 14.4 Å². The Labute approximate surface area is 133 Å². The number of benzene rings is 1. The molecule has 1 saturated carbocycles. The molecule has 0 bridgehead atoms. The van der Waals surface area contributed by atoms with Gasteiger partial charge in [-0.15, -0.1) is 0 Å². The van der Waals surface area contributed by atoms with E-state index in [0.29, 0.717) is 12.0 Å². The lowest BCUT2D eigenvalue weighted by atomic mass is 9.95. The molecule has 0 aliphatic heterocycles. The van der Waals surface area contributed by atoms with Crippen molar-refractivity contribution < 1.29 is 23.9 Å². The third-order valence-corrected chi connectivity index (χ3v) is 4.64. The summed E-state index contributed by atoms with van der Waals surface area (Å²) in [6.07, 6.45) is 2.84. The van der Waals surface area contributed by atoms with Gasteiger partial charge < -0.3 is 14.0 Å². The molecule has 120 valence electrons. The van der Waals surface area contributed by atoms with Gasteiger partial charge in [-0.25, -0.2) is 0 Å². The van der Waals surface area contributed by atoms with Crippen LogP contribution in [0, 0.1) is 5.41 Å². The van der Waals surface area contributed by atoms with Gasteiger partial charge in [-0.05, 0) is 18.1 Å². The van der Waals surface area contributed by atoms with E-state index in [2.05, 4.69) is 0 Å². The number of hydrogen-bond donors (Lipinski definition) is 0. The molecule has 0 amide bonds. The molecular formula is C17H17NO5. The summed E-state index contributed by atoms with van der Waals surface area (Å²) in [5.74, 6) is -1.56. The lowest BCUT2D eigenvalue weighted by Crippen LogP contribution is -2.30. The van der Waals surface area contributed by atoms with Crippen molar-refractivity contribution in [1.82, 2.24) is 4.57 Å². The highest BCUT2D eigenvalue weighted by Gasteiger charge is 2.68. The number of nitrogens with zero attached hydrogens (tertiary/aromatic N) is 1. The average Bonchev–Trinajstić information content (AvgIpc) is 3.25. The van der Waals surface area contributed by atoms with Crippen LogP contribution < -0.4 is 0 Å².